The summed E-state index contributed by atoms with van der Waals surface area (Å²) in [6.07, 6.45) is 2.36. The molecule has 0 saturated carbocycles. The fourth-order valence-electron chi connectivity index (χ4n) is 1.46. The van der Waals surface area contributed by atoms with Crippen LogP contribution in [0.1, 0.15) is 12.8 Å². The third-order valence-corrected chi connectivity index (χ3v) is 2.04. The van der Waals surface area contributed by atoms with Crippen LogP contribution in [-0.4, -0.2) is 30.6 Å². The van der Waals surface area contributed by atoms with Crippen LogP contribution >= 0.6 is 0 Å². The second-order valence-electron chi connectivity index (χ2n) is 2.66. The Morgan fingerprint density at radius 3 is 3.10 bits per heavy atom. The van der Waals surface area contributed by atoms with E-state index in [-0.39, 0.29) is 0 Å². The first-order valence-electron chi connectivity index (χ1n) is 3.69. The number of rotatable bonds is 2. The highest BCUT2D eigenvalue weighted by atomic mass is 15.2. The van der Waals surface area contributed by atoms with Crippen LogP contribution in [-0.2, 0) is 0 Å². The lowest BCUT2D eigenvalue weighted by molar-refractivity contribution is 0.289. The van der Waals surface area contributed by atoms with Crippen LogP contribution in [0.3, 0.4) is 0 Å². The van der Waals surface area contributed by atoms with E-state index in [9.17, 15) is 0 Å². The highest BCUT2D eigenvalue weighted by Gasteiger charge is 2.21. The zero-order chi connectivity index (χ0) is 7.40. The molecule has 0 aromatic rings. The molecule has 1 aliphatic heterocycles. The maximum Gasteiger partial charge on any atom is 0.0868 e. The van der Waals surface area contributed by atoms with Crippen molar-refractivity contribution in [3.8, 4) is 6.07 Å². The second-order valence-corrected chi connectivity index (χ2v) is 2.66. The van der Waals surface area contributed by atoms with Crippen LogP contribution in [0.25, 0.3) is 0 Å². The summed E-state index contributed by atoms with van der Waals surface area (Å²) in [6.45, 7) is 2.29. The van der Waals surface area contributed by atoms with Gasteiger partial charge in [-0.1, -0.05) is 0 Å². The van der Waals surface area contributed by atoms with Gasteiger partial charge in [-0.05, 0) is 19.4 Å². The first-order chi connectivity index (χ1) is 4.88. The molecule has 10 heavy (non-hydrogen) atoms. The van der Waals surface area contributed by atoms with Gasteiger partial charge in [-0.2, -0.15) is 5.26 Å². The van der Waals surface area contributed by atoms with E-state index in [2.05, 4.69) is 11.0 Å². The van der Waals surface area contributed by atoms with Crippen LogP contribution in [0.5, 0.6) is 0 Å². The summed E-state index contributed by atoms with van der Waals surface area (Å²) in [5, 5.41) is 8.41. The summed E-state index contributed by atoms with van der Waals surface area (Å²) in [5.74, 6) is 0. The van der Waals surface area contributed by atoms with E-state index in [4.69, 9.17) is 11.0 Å². The molecule has 0 aromatic carbocycles. The lowest BCUT2D eigenvalue weighted by atomic mass is 10.2. The van der Waals surface area contributed by atoms with Gasteiger partial charge in [0.2, 0.25) is 0 Å². The van der Waals surface area contributed by atoms with Gasteiger partial charge in [-0.3, -0.25) is 4.90 Å². The molecule has 1 aliphatic rings. The van der Waals surface area contributed by atoms with Gasteiger partial charge < -0.3 is 5.73 Å². The topological polar surface area (TPSA) is 53.0 Å². The van der Waals surface area contributed by atoms with Crippen molar-refractivity contribution in [3.63, 3.8) is 0 Å². The normalized spacial score (nSPS) is 26.6. The average molecular weight is 139 g/mol. The lowest BCUT2D eigenvalue weighted by Crippen LogP contribution is -2.35. The summed E-state index contributed by atoms with van der Waals surface area (Å²) in [5.41, 5.74) is 5.50. The van der Waals surface area contributed by atoms with Gasteiger partial charge in [0.1, 0.15) is 0 Å². The number of hydrogen-bond donors (Lipinski definition) is 1. The molecule has 0 amide bonds. The van der Waals surface area contributed by atoms with Gasteiger partial charge in [0, 0.05) is 12.6 Å². The fraction of sp³-hybridized carbons (Fsp3) is 0.857. The third kappa shape index (κ3) is 1.47. The molecule has 1 atom stereocenters. The molecule has 0 aromatic heterocycles. The summed E-state index contributed by atoms with van der Waals surface area (Å²) >= 11 is 0. The van der Waals surface area contributed by atoms with Crippen molar-refractivity contribution >= 4 is 0 Å². The van der Waals surface area contributed by atoms with E-state index < -0.39 is 0 Å². The maximum atomic E-state index is 8.41. The minimum absolute atomic E-state index is 0.472. The number of hydrogen-bond acceptors (Lipinski definition) is 3. The van der Waals surface area contributed by atoms with Gasteiger partial charge in [0.25, 0.3) is 0 Å². The lowest BCUT2D eigenvalue weighted by Gasteiger charge is -2.18. The molecule has 3 heteroatoms. The molecule has 1 saturated heterocycles. The first-order valence-corrected chi connectivity index (χ1v) is 3.69. The predicted octanol–water partition coefficient (Wildman–Crippen LogP) is -0.0669. The van der Waals surface area contributed by atoms with Gasteiger partial charge in [0.05, 0.1) is 12.6 Å². The standard InChI is InChI=1S/C7H13N3/c8-3-5-10-4-1-2-7(10)6-9/h7H,1-2,4-6,9H2. The Kier molecular flexibility index (Phi) is 2.67. The summed E-state index contributed by atoms with van der Waals surface area (Å²) in [6, 6.07) is 2.62. The van der Waals surface area contributed by atoms with Crippen LogP contribution in [0.2, 0.25) is 0 Å². The van der Waals surface area contributed by atoms with E-state index in [0.717, 1.165) is 13.0 Å². The van der Waals surface area contributed by atoms with Crippen LogP contribution in [0.4, 0.5) is 0 Å². The van der Waals surface area contributed by atoms with Crippen molar-refractivity contribution < 1.29 is 0 Å². The Labute approximate surface area is 61.4 Å². The van der Waals surface area contributed by atoms with E-state index in [1.54, 1.807) is 0 Å². The molecule has 0 aliphatic carbocycles. The quantitative estimate of drug-likeness (QED) is 0.545. The number of nitrogens with two attached hydrogens (primary N) is 1. The van der Waals surface area contributed by atoms with Crippen LogP contribution < -0.4 is 5.73 Å². The molecule has 1 fully saturated rings. The van der Waals surface area contributed by atoms with Crippen LogP contribution in [0.15, 0.2) is 0 Å². The largest absolute Gasteiger partial charge is 0.329 e. The van der Waals surface area contributed by atoms with E-state index in [1.165, 1.54) is 6.42 Å². The molecule has 1 unspecified atom stereocenters. The van der Waals surface area contributed by atoms with Gasteiger partial charge in [-0.15, -0.1) is 0 Å². The van der Waals surface area contributed by atoms with Crippen molar-refractivity contribution in [1.29, 1.82) is 5.26 Å². The smallest absolute Gasteiger partial charge is 0.0868 e. The van der Waals surface area contributed by atoms with Crippen molar-refractivity contribution in [1.82, 2.24) is 4.90 Å². The molecule has 0 bridgehead atoms. The number of nitrogens with zero attached hydrogens (tertiary/aromatic N) is 2. The molecule has 3 nitrogen and oxygen atoms in total. The summed E-state index contributed by atoms with van der Waals surface area (Å²) < 4.78 is 0. The average Bonchev–Trinajstić information content (AvgIpc) is 2.36. The van der Waals surface area contributed by atoms with E-state index in [0.29, 0.717) is 19.1 Å². The minimum Gasteiger partial charge on any atom is -0.329 e. The monoisotopic (exact) mass is 139 g/mol. The summed E-state index contributed by atoms with van der Waals surface area (Å²) in [4.78, 5) is 2.15. The van der Waals surface area contributed by atoms with Gasteiger partial charge in [-0.25, -0.2) is 0 Å². The Morgan fingerprint density at radius 2 is 2.50 bits per heavy atom. The predicted molar refractivity (Wildman–Crippen MR) is 39.3 cm³/mol. The molecule has 1 heterocycles. The van der Waals surface area contributed by atoms with Crippen molar-refractivity contribution in [2.45, 2.75) is 18.9 Å². The number of likely N-dealkylation sites (tertiary alicyclic amines) is 1. The van der Waals surface area contributed by atoms with Crippen LogP contribution in [0, 0.1) is 11.3 Å². The van der Waals surface area contributed by atoms with Gasteiger partial charge in [0.15, 0.2) is 0 Å². The zero-order valence-electron chi connectivity index (χ0n) is 6.08. The maximum absolute atomic E-state index is 8.41. The first kappa shape index (κ1) is 7.52. The van der Waals surface area contributed by atoms with E-state index in [1.807, 2.05) is 0 Å². The Morgan fingerprint density at radius 1 is 1.70 bits per heavy atom. The molecular formula is C7H13N3. The molecule has 1 rings (SSSR count). The van der Waals surface area contributed by atoms with Crippen molar-refractivity contribution in [2.75, 3.05) is 19.6 Å². The second kappa shape index (κ2) is 3.55. The number of nitriles is 1. The molecule has 0 radical (unpaired) electrons. The Balaban J connectivity index is 2.36. The highest BCUT2D eigenvalue weighted by Crippen LogP contribution is 2.14. The SMILES string of the molecule is N#CCN1CCCC1CN. The van der Waals surface area contributed by atoms with Crippen molar-refractivity contribution in [2.24, 2.45) is 5.73 Å². The molecule has 56 valence electrons. The van der Waals surface area contributed by atoms with Crippen molar-refractivity contribution in [3.05, 3.63) is 0 Å². The summed E-state index contributed by atoms with van der Waals surface area (Å²) in [7, 11) is 0. The highest BCUT2D eigenvalue weighted by molar-refractivity contribution is 4.86. The Bertz CT molecular complexity index is 138. The Hall–Kier alpha value is -0.590. The van der Waals surface area contributed by atoms with Gasteiger partial charge >= 0.3 is 0 Å². The molecular weight excluding hydrogens is 126 g/mol. The zero-order valence-corrected chi connectivity index (χ0v) is 6.08. The molecule has 0 spiro atoms. The molecule has 2 N–H and O–H groups in total. The minimum atomic E-state index is 0.472. The van der Waals surface area contributed by atoms with E-state index >= 15 is 0 Å². The third-order valence-electron chi connectivity index (χ3n) is 2.04. The fourth-order valence-corrected chi connectivity index (χ4v) is 1.46.